The van der Waals surface area contributed by atoms with Gasteiger partial charge in [0.15, 0.2) is 0 Å². The summed E-state index contributed by atoms with van der Waals surface area (Å²) in [6.07, 6.45) is 1.93. The van der Waals surface area contributed by atoms with Gasteiger partial charge in [0.25, 0.3) is 0 Å². The highest BCUT2D eigenvalue weighted by Gasteiger charge is 2.17. The van der Waals surface area contributed by atoms with Crippen molar-refractivity contribution in [2.24, 2.45) is 10.7 Å². The molecule has 35 heavy (non-hydrogen) atoms. The summed E-state index contributed by atoms with van der Waals surface area (Å²) in [7, 11) is 0. The standard InChI is InChI=1S/C27H26Cl4N4/c28-22-6-2-20(3-7-22)26(32)27(21-4-8-23(29)9-5-21)33-11-12-34-13-15-35(16-14-34)18-19-1-10-24(30)25(31)17-19/h1-11,17H,12-16,18,32H2/b27-26-,33-11?. The van der Waals surface area contributed by atoms with Crippen LogP contribution in [-0.4, -0.2) is 48.7 Å². The molecule has 0 spiro atoms. The summed E-state index contributed by atoms with van der Waals surface area (Å²) >= 11 is 24.3. The SMILES string of the molecule is N/C(=C(\N=CCN1CCN(Cc2ccc(Cl)c(Cl)c2)CC1)c1ccc(Cl)cc1)c1ccc(Cl)cc1. The molecule has 0 unspecified atom stereocenters. The minimum atomic E-state index is 0.586. The summed E-state index contributed by atoms with van der Waals surface area (Å²) in [6, 6.07) is 20.8. The zero-order valence-corrected chi connectivity index (χ0v) is 22.1. The normalized spacial score (nSPS) is 16.0. The molecule has 8 heteroatoms. The molecule has 1 fully saturated rings. The van der Waals surface area contributed by atoms with Crippen molar-refractivity contribution >= 4 is 64.0 Å². The van der Waals surface area contributed by atoms with Gasteiger partial charge in [-0.25, -0.2) is 0 Å². The van der Waals surface area contributed by atoms with Crippen molar-refractivity contribution in [1.82, 2.24) is 9.80 Å². The van der Waals surface area contributed by atoms with Crippen molar-refractivity contribution < 1.29 is 0 Å². The first kappa shape index (κ1) is 26.0. The predicted molar refractivity (Wildman–Crippen MR) is 151 cm³/mol. The minimum absolute atomic E-state index is 0.586. The molecule has 4 rings (SSSR count). The highest BCUT2D eigenvalue weighted by molar-refractivity contribution is 6.42. The first-order valence-corrected chi connectivity index (χ1v) is 12.8. The monoisotopic (exact) mass is 546 g/mol. The van der Waals surface area contributed by atoms with Crippen LogP contribution in [0.5, 0.6) is 0 Å². The highest BCUT2D eigenvalue weighted by atomic mass is 35.5. The number of benzene rings is 3. The Morgan fingerprint density at radius 3 is 1.91 bits per heavy atom. The molecule has 1 aliphatic heterocycles. The fourth-order valence-electron chi connectivity index (χ4n) is 3.95. The van der Waals surface area contributed by atoms with E-state index in [4.69, 9.17) is 57.1 Å². The maximum Gasteiger partial charge on any atom is 0.0933 e. The second-order valence-corrected chi connectivity index (χ2v) is 10.1. The molecule has 0 amide bonds. The van der Waals surface area contributed by atoms with E-state index in [0.717, 1.165) is 50.4 Å². The Kier molecular flexibility index (Phi) is 9.12. The number of nitrogens with two attached hydrogens (primary N) is 1. The van der Waals surface area contributed by atoms with Gasteiger partial charge in [-0.2, -0.15) is 0 Å². The molecule has 1 heterocycles. The summed E-state index contributed by atoms with van der Waals surface area (Å²) in [6.45, 7) is 5.47. The Morgan fingerprint density at radius 1 is 0.743 bits per heavy atom. The largest absolute Gasteiger partial charge is 0.396 e. The van der Waals surface area contributed by atoms with Crippen molar-refractivity contribution in [2.75, 3.05) is 32.7 Å². The Bertz CT molecular complexity index is 1200. The molecule has 0 saturated carbocycles. The second-order valence-electron chi connectivity index (χ2n) is 8.41. The van der Waals surface area contributed by atoms with Gasteiger partial charge >= 0.3 is 0 Å². The van der Waals surface area contributed by atoms with Gasteiger partial charge in [-0.15, -0.1) is 0 Å². The molecule has 0 radical (unpaired) electrons. The van der Waals surface area contributed by atoms with E-state index in [1.807, 2.05) is 72.9 Å². The molecule has 3 aromatic rings. The number of rotatable bonds is 7. The maximum absolute atomic E-state index is 6.54. The van der Waals surface area contributed by atoms with Gasteiger partial charge in [0, 0.05) is 61.1 Å². The molecule has 0 aromatic heterocycles. The maximum atomic E-state index is 6.54. The number of halogens is 4. The van der Waals surface area contributed by atoms with E-state index in [9.17, 15) is 0 Å². The van der Waals surface area contributed by atoms with Crippen LogP contribution >= 0.6 is 46.4 Å². The fourth-order valence-corrected chi connectivity index (χ4v) is 4.52. The van der Waals surface area contributed by atoms with E-state index in [0.29, 0.717) is 31.5 Å². The summed E-state index contributed by atoms with van der Waals surface area (Å²) in [5.41, 5.74) is 10.8. The molecule has 1 saturated heterocycles. The molecule has 2 N–H and O–H groups in total. The molecule has 182 valence electrons. The van der Waals surface area contributed by atoms with Crippen LogP contribution in [-0.2, 0) is 6.54 Å². The molecule has 0 bridgehead atoms. The quantitative estimate of drug-likeness (QED) is 0.256. The van der Waals surface area contributed by atoms with Crippen LogP contribution in [0.4, 0.5) is 0 Å². The molecular formula is C27H26Cl4N4. The van der Waals surface area contributed by atoms with E-state index >= 15 is 0 Å². The van der Waals surface area contributed by atoms with Gasteiger partial charge in [-0.1, -0.05) is 76.7 Å². The molecular weight excluding hydrogens is 522 g/mol. The third kappa shape index (κ3) is 7.23. The third-order valence-electron chi connectivity index (χ3n) is 5.94. The Morgan fingerprint density at radius 2 is 1.31 bits per heavy atom. The zero-order chi connectivity index (χ0) is 24.8. The molecule has 4 nitrogen and oxygen atoms in total. The molecule has 0 aliphatic carbocycles. The van der Waals surface area contributed by atoms with Crippen molar-refractivity contribution in [3.8, 4) is 0 Å². The lowest BCUT2D eigenvalue weighted by Gasteiger charge is -2.34. The van der Waals surface area contributed by atoms with Crippen LogP contribution in [0.1, 0.15) is 16.7 Å². The predicted octanol–water partition coefficient (Wildman–Crippen LogP) is 6.97. The topological polar surface area (TPSA) is 44.9 Å². The summed E-state index contributed by atoms with van der Waals surface area (Å²) in [4.78, 5) is 9.60. The Balaban J connectivity index is 1.40. The van der Waals surface area contributed by atoms with Crippen molar-refractivity contribution in [3.05, 3.63) is 104 Å². The van der Waals surface area contributed by atoms with Crippen LogP contribution in [0.15, 0.2) is 71.7 Å². The lowest BCUT2D eigenvalue weighted by molar-refractivity contribution is 0.141. The van der Waals surface area contributed by atoms with Gasteiger partial charge in [-0.3, -0.25) is 14.8 Å². The minimum Gasteiger partial charge on any atom is -0.396 e. The van der Waals surface area contributed by atoms with Gasteiger partial charge in [-0.05, 0) is 47.5 Å². The lowest BCUT2D eigenvalue weighted by atomic mass is 10.1. The number of nitrogens with zero attached hydrogens (tertiary/aromatic N) is 3. The van der Waals surface area contributed by atoms with E-state index in [1.165, 1.54) is 5.56 Å². The van der Waals surface area contributed by atoms with Crippen LogP contribution in [0.25, 0.3) is 11.4 Å². The summed E-state index contributed by atoms with van der Waals surface area (Å²) < 4.78 is 0. The van der Waals surface area contributed by atoms with Crippen LogP contribution in [0, 0.1) is 0 Å². The van der Waals surface area contributed by atoms with E-state index < -0.39 is 0 Å². The number of hydrogen-bond donors (Lipinski definition) is 1. The van der Waals surface area contributed by atoms with Gasteiger partial charge in [0.1, 0.15) is 0 Å². The van der Waals surface area contributed by atoms with Crippen molar-refractivity contribution in [3.63, 3.8) is 0 Å². The van der Waals surface area contributed by atoms with Gasteiger partial charge < -0.3 is 5.73 Å². The van der Waals surface area contributed by atoms with Gasteiger partial charge in [0.05, 0.1) is 21.4 Å². The van der Waals surface area contributed by atoms with Crippen molar-refractivity contribution in [2.45, 2.75) is 6.54 Å². The second kappa shape index (κ2) is 12.3. The highest BCUT2D eigenvalue weighted by Crippen LogP contribution is 2.26. The fraction of sp³-hybridized carbons (Fsp3) is 0.222. The van der Waals surface area contributed by atoms with Crippen LogP contribution in [0.2, 0.25) is 20.1 Å². The summed E-state index contributed by atoms with van der Waals surface area (Å²) in [5, 5.41) is 2.52. The third-order valence-corrected chi connectivity index (χ3v) is 7.19. The number of aliphatic imine (C=N–C) groups is 1. The molecule has 3 aromatic carbocycles. The smallest absolute Gasteiger partial charge is 0.0933 e. The van der Waals surface area contributed by atoms with E-state index in [2.05, 4.69) is 9.80 Å². The Labute approximate surface area is 226 Å². The first-order valence-electron chi connectivity index (χ1n) is 11.3. The van der Waals surface area contributed by atoms with E-state index in [1.54, 1.807) is 0 Å². The average molecular weight is 548 g/mol. The Hall–Kier alpha value is -2.05. The van der Waals surface area contributed by atoms with Crippen LogP contribution < -0.4 is 5.73 Å². The summed E-state index contributed by atoms with van der Waals surface area (Å²) in [5.74, 6) is 0. The number of piperazine rings is 1. The van der Waals surface area contributed by atoms with Gasteiger partial charge in [0.2, 0.25) is 0 Å². The van der Waals surface area contributed by atoms with E-state index in [-0.39, 0.29) is 0 Å². The first-order chi connectivity index (χ1) is 16.9. The van der Waals surface area contributed by atoms with Crippen molar-refractivity contribution in [1.29, 1.82) is 0 Å². The van der Waals surface area contributed by atoms with Crippen LogP contribution in [0.3, 0.4) is 0 Å². The average Bonchev–Trinajstić information content (AvgIpc) is 2.86. The number of hydrogen-bond acceptors (Lipinski definition) is 4. The zero-order valence-electron chi connectivity index (χ0n) is 19.1. The molecule has 0 atom stereocenters. The lowest BCUT2D eigenvalue weighted by Crippen LogP contribution is -2.46. The molecule has 1 aliphatic rings.